The maximum absolute atomic E-state index is 12.7. The zero-order valence-electron chi connectivity index (χ0n) is 15.1. The van der Waals surface area contributed by atoms with Crippen LogP contribution in [0.4, 0.5) is 0 Å². The molecule has 6 nitrogen and oxygen atoms in total. The largest absolute Gasteiger partial charge is 0.381 e. The van der Waals surface area contributed by atoms with E-state index in [1.54, 1.807) is 24.0 Å². The Kier molecular flexibility index (Phi) is 5.66. The van der Waals surface area contributed by atoms with Gasteiger partial charge in [-0.15, -0.1) is 11.3 Å². The minimum atomic E-state index is -0.195. The molecule has 4 rings (SSSR count). The molecular formula is C20H19ClN4O2S. The normalized spacial score (nSPS) is 15.9. The fourth-order valence-corrected chi connectivity index (χ4v) is 4.34. The summed E-state index contributed by atoms with van der Waals surface area (Å²) in [5.41, 5.74) is 1.98. The number of nitrogens with zero attached hydrogens (tertiary/aromatic N) is 3. The Bertz CT molecular complexity index is 958. The van der Waals surface area contributed by atoms with Gasteiger partial charge in [0.1, 0.15) is 16.4 Å². The summed E-state index contributed by atoms with van der Waals surface area (Å²) in [5, 5.41) is 6.18. The van der Waals surface area contributed by atoms with Crippen molar-refractivity contribution in [3.8, 4) is 10.7 Å². The van der Waals surface area contributed by atoms with Crippen molar-refractivity contribution in [2.45, 2.75) is 18.3 Å². The maximum Gasteiger partial charge on any atom is 0.270 e. The first-order valence-corrected chi connectivity index (χ1v) is 10.3. The lowest BCUT2D eigenvalue weighted by atomic mass is 9.74. The number of carbonyl (C=O) groups is 1. The van der Waals surface area contributed by atoms with Gasteiger partial charge in [0.25, 0.3) is 5.91 Å². The maximum atomic E-state index is 12.7. The molecular weight excluding hydrogens is 396 g/mol. The van der Waals surface area contributed by atoms with Crippen molar-refractivity contribution >= 4 is 28.8 Å². The standard InChI is InChI=1S/C20H19ClN4O2S/c21-15-3-1-2-14(10-15)20(4-8-27-9-5-20)13-24-18(26)17-12-28-19(25-17)16-11-22-6-7-23-16/h1-3,6-7,10-12H,4-5,8-9,13H2,(H,24,26). The monoisotopic (exact) mass is 414 g/mol. The molecule has 8 heteroatoms. The molecule has 3 aromatic rings. The summed E-state index contributed by atoms with van der Waals surface area (Å²) in [5.74, 6) is -0.195. The topological polar surface area (TPSA) is 77.0 Å². The highest BCUT2D eigenvalue weighted by molar-refractivity contribution is 7.13. The average Bonchev–Trinajstić information content (AvgIpc) is 3.24. The quantitative estimate of drug-likeness (QED) is 0.688. The van der Waals surface area contributed by atoms with Crippen LogP contribution >= 0.6 is 22.9 Å². The van der Waals surface area contributed by atoms with Crippen molar-refractivity contribution in [3.63, 3.8) is 0 Å². The van der Waals surface area contributed by atoms with Crippen LogP contribution < -0.4 is 5.32 Å². The second-order valence-electron chi connectivity index (χ2n) is 6.71. The van der Waals surface area contributed by atoms with Crippen LogP contribution in [0.3, 0.4) is 0 Å². The number of hydrogen-bond acceptors (Lipinski definition) is 6. The summed E-state index contributed by atoms with van der Waals surface area (Å²) < 4.78 is 5.55. The molecule has 1 aliphatic rings. The summed E-state index contributed by atoms with van der Waals surface area (Å²) in [6.07, 6.45) is 6.51. The van der Waals surface area contributed by atoms with Gasteiger partial charge in [-0.2, -0.15) is 0 Å². The molecule has 0 aliphatic carbocycles. The van der Waals surface area contributed by atoms with Gasteiger partial charge in [-0.25, -0.2) is 4.98 Å². The van der Waals surface area contributed by atoms with Crippen molar-refractivity contribution in [1.29, 1.82) is 0 Å². The van der Waals surface area contributed by atoms with E-state index in [0.29, 0.717) is 41.2 Å². The molecule has 1 aromatic carbocycles. The second kappa shape index (κ2) is 8.34. The summed E-state index contributed by atoms with van der Waals surface area (Å²) >= 11 is 7.59. The third-order valence-electron chi connectivity index (χ3n) is 4.99. The number of carbonyl (C=O) groups excluding carboxylic acids is 1. The van der Waals surface area contributed by atoms with Gasteiger partial charge in [0.05, 0.1) is 6.20 Å². The highest BCUT2D eigenvalue weighted by Crippen LogP contribution is 2.35. The van der Waals surface area contributed by atoms with Crippen LogP contribution in [0, 0.1) is 0 Å². The second-order valence-corrected chi connectivity index (χ2v) is 8.01. The summed E-state index contributed by atoms with van der Waals surface area (Å²) in [6.45, 7) is 1.83. The van der Waals surface area contributed by atoms with Crippen LogP contribution in [-0.4, -0.2) is 40.6 Å². The Labute approximate surface area is 172 Å². The number of nitrogens with one attached hydrogen (secondary N) is 1. The first-order valence-electron chi connectivity index (χ1n) is 9.00. The minimum absolute atomic E-state index is 0.192. The van der Waals surface area contributed by atoms with Crippen molar-refractivity contribution in [2.75, 3.05) is 19.8 Å². The Hall–Kier alpha value is -2.35. The average molecular weight is 415 g/mol. The molecule has 1 fully saturated rings. The molecule has 0 unspecified atom stereocenters. The molecule has 0 atom stereocenters. The molecule has 1 saturated heterocycles. The molecule has 0 spiro atoms. The first kappa shape index (κ1) is 19.0. The third-order valence-corrected chi connectivity index (χ3v) is 6.09. The highest BCUT2D eigenvalue weighted by atomic mass is 35.5. The van der Waals surface area contributed by atoms with E-state index in [9.17, 15) is 4.79 Å². The first-order chi connectivity index (χ1) is 13.7. The molecule has 1 N–H and O–H groups in total. The number of amides is 1. The van der Waals surface area contributed by atoms with Crippen molar-refractivity contribution in [3.05, 3.63) is 64.5 Å². The van der Waals surface area contributed by atoms with Crippen molar-refractivity contribution in [2.24, 2.45) is 0 Å². The fraction of sp³-hybridized carbons (Fsp3) is 0.300. The molecule has 0 saturated carbocycles. The zero-order valence-corrected chi connectivity index (χ0v) is 16.7. The van der Waals surface area contributed by atoms with Gasteiger partial charge in [0.2, 0.25) is 0 Å². The van der Waals surface area contributed by atoms with Gasteiger partial charge >= 0.3 is 0 Å². The number of benzene rings is 1. The Morgan fingerprint density at radius 2 is 2.14 bits per heavy atom. The SMILES string of the molecule is O=C(NCC1(c2cccc(Cl)c2)CCOCC1)c1csc(-c2cnccn2)n1. The van der Waals surface area contributed by atoms with Gasteiger partial charge < -0.3 is 10.1 Å². The Morgan fingerprint density at radius 3 is 2.89 bits per heavy atom. The Balaban J connectivity index is 1.50. The predicted octanol–water partition coefficient (Wildman–Crippen LogP) is 3.73. The van der Waals surface area contributed by atoms with Gasteiger partial charge in [-0.05, 0) is 30.5 Å². The number of rotatable bonds is 5. The number of aromatic nitrogens is 3. The molecule has 28 heavy (non-hydrogen) atoms. The van der Waals surface area contributed by atoms with Gasteiger partial charge in [-0.1, -0.05) is 23.7 Å². The molecule has 1 aliphatic heterocycles. The van der Waals surface area contributed by atoms with E-state index in [2.05, 4.69) is 26.3 Å². The van der Waals surface area contributed by atoms with E-state index in [-0.39, 0.29) is 11.3 Å². The van der Waals surface area contributed by atoms with Gasteiger partial charge in [0, 0.05) is 48.0 Å². The molecule has 1 amide bonds. The minimum Gasteiger partial charge on any atom is -0.381 e. The summed E-state index contributed by atoms with van der Waals surface area (Å²) in [4.78, 5) is 25.4. The van der Waals surface area contributed by atoms with Gasteiger partial charge in [0.15, 0.2) is 0 Å². The number of halogens is 1. The number of ether oxygens (including phenoxy) is 1. The van der Waals surface area contributed by atoms with E-state index in [1.165, 1.54) is 11.3 Å². The number of hydrogen-bond donors (Lipinski definition) is 1. The molecule has 3 heterocycles. The lowest BCUT2D eigenvalue weighted by molar-refractivity contribution is 0.0487. The highest BCUT2D eigenvalue weighted by Gasteiger charge is 2.35. The van der Waals surface area contributed by atoms with Crippen LogP contribution in [-0.2, 0) is 10.2 Å². The smallest absolute Gasteiger partial charge is 0.270 e. The van der Waals surface area contributed by atoms with Crippen LogP contribution in [0.2, 0.25) is 5.02 Å². The Morgan fingerprint density at radius 1 is 1.29 bits per heavy atom. The zero-order chi connectivity index (χ0) is 19.4. The van der Waals surface area contributed by atoms with Crippen molar-refractivity contribution in [1.82, 2.24) is 20.3 Å². The van der Waals surface area contributed by atoms with Crippen LogP contribution in [0.5, 0.6) is 0 Å². The lowest BCUT2D eigenvalue weighted by Gasteiger charge is -2.38. The van der Waals surface area contributed by atoms with Crippen LogP contribution in [0.15, 0.2) is 48.2 Å². The van der Waals surface area contributed by atoms with E-state index < -0.39 is 0 Å². The molecule has 0 bridgehead atoms. The predicted molar refractivity (Wildman–Crippen MR) is 109 cm³/mol. The van der Waals surface area contributed by atoms with E-state index in [4.69, 9.17) is 16.3 Å². The van der Waals surface area contributed by atoms with Crippen LogP contribution in [0.1, 0.15) is 28.9 Å². The molecule has 2 aromatic heterocycles. The summed E-state index contributed by atoms with van der Waals surface area (Å²) in [6, 6.07) is 7.86. The van der Waals surface area contributed by atoms with Crippen molar-refractivity contribution < 1.29 is 9.53 Å². The lowest BCUT2D eigenvalue weighted by Crippen LogP contribution is -2.44. The number of thiazole rings is 1. The van der Waals surface area contributed by atoms with Crippen LogP contribution in [0.25, 0.3) is 10.7 Å². The van der Waals surface area contributed by atoms with Gasteiger partial charge in [-0.3, -0.25) is 14.8 Å². The van der Waals surface area contributed by atoms with E-state index in [1.807, 2.05) is 18.2 Å². The van der Waals surface area contributed by atoms with E-state index in [0.717, 1.165) is 18.4 Å². The molecule has 144 valence electrons. The fourth-order valence-electron chi connectivity index (χ4n) is 3.39. The third kappa shape index (κ3) is 4.06. The summed E-state index contributed by atoms with van der Waals surface area (Å²) in [7, 11) is 0. The molecule has 0 radical (unpaired) electrons. The van der Waals surface area contributed by atoms with E-state index >= 15 is 0 Å².